The standard InChI is InChI=1S/C12H18N2O3/c1-3-12(4-2,8-15)14-9-5-6-10(11(16)17)13-7-9/h5-7,14-15H,3-4,8H2,1-2H3,(H,16,17). The van der Waals surface area contributed by atoms with Crippen molar-refractivity contribution in [3.63, 3.8) is 0 Å². The molecule has 0 saturated heterocycles. The molecule has 1 aromatic rings. The zero-order valence-corrected chi connectivity index (χ0v) is 10.1. The third-order valence-corrected chi connectivity index (χ3v) is 3.05. The van der Waals surface area contributed by atoms with Gasteiger partial charge in [0.05, 0.1) is 24.0 Å². The largest absolute Gasteiger partial charge is 0.477 e. The molecular formula is C12H18N2O3. The topological polar surface area (TPSA) is 82.5 Å². The molecule has 5 nitrogen and oxygen atoms in total. The number of hydrogen-bond acceptors (Lipinski definition) is 4. The summed E-state index contributed by atoms with van der Waals surface area (Å²) in [5.41, 5.74) is 0.359. The van der Waals surface area contributed by atoms with Gasteiger partial charge in [-0.3, -0.25) is 0 Å². The predicted molar refractivity (Wildman–Crippen MR) is 65.2 cm³/mol. The van der Waals surface area contributed by atoms with Gasteiger partial charge < -0.3 is 15.5 Å². The Balaban J connectivity index is 2.84. The van der Waals surface area contributed by atoms with Crippen molar-refractivity contribution in [3.8, 4) is 0 Å². The van der Waals surface area contributed by atoms with Gasteiger partial charge in [0.25, 0.3) is 0 Å². The van der Waals surface area contributed by atoms with Crippen LogP contribution < -0.4 is 5.32 Å². The lowest BCUT2D eigenvalue weighted by Gasteiger charge is -2.31. The molecule has 0 aliphatic heterocycles. The van der Waals surface area contributed by atoms with Crippen LogP contribution in [0.15, 0.2) is 18.3 Å². The molecule has 1 aromatic heterocycles. The van der Waals surface area contributed by atoms with Gasteiger partial charge in [-0.15, -0.1) is 0 Å². The van der Waals surface area contributed by atoms with Gasteiger partial charge in [0.2, 0.25) is 0 Å². The summed E-state index contributed by atoms with van der Waals surface area (Å²) in [7, 11) is 0. The number of pyridine rings is 1. The van der Waals surface area contributed by atoms with E-state index in [4.69, 9.17) is 5.11 Å². The number of aliphatic hydroxyl groups is 1. The van der Waals surface area contributed by atoms with Crippen molar-refractivity contribution < 1.29 is 15.0 Å². The highest BCUT2D eigenvalue weighted by Crippen LogP contribution is 2.21. The molecule has 0 saturated carbocycles. The molecule has 0 aliphatic rings. The van der Waals surface area contributed by atoms with Crippen LogP contribution in [-0.2, 0) is 0 Å². The number of nitrogens with zero attached hydrogens (tertiary/aromatic N) is 1. The molecule has 0 amide bonds. The molecule has 0 bridgehead atoms. The van der Waals surface area contributed by atoms with Crippen LogP contribution in [0.5, 0.6) is 0 Å². The number of nitrogens with one attached hydrogen (secondary N) is 1. The second-order valence-corrected chi connectivity index (χ2v) is 4.01. The average Bonchev–Trinajstić information content (AvgIpc) is 2.37. The van der Waals surface area contributed by atoms with Crippen LogP contribution in [0.2, 0.25) is 0 Å². The van der Waals surface area contributed by atoms with E-state index < -0.39 is 5.97 Å². The Morgan fingerprint density at radius 2 is 2.06 bits per heavy atom. The monoisotopic (exact) mass is 238 g/mol. The van der Waals surface area contributed by atoms with Gasteiger partial charge in [0.15, 0.2) is 0 Å². The highest BCUT2D eigenvalue weighted by atomic mass is 16.4. The Bertz CT molecular complexity index is 364. The molecular weight excluding hydrogens is 220 g/mol. The smallest absolute Gasteiger partial charge is 0.354 e. The van der Waals surface area contributed by atoms with E-state index in [2.05, 4.69) is 10.3 Å². The van der Waals surface area contributed by atoms with Gasteiger partial charge in [-0.1, -0.05) is 13.8 Å². The number of hydrogen-bond donors (Lipinski definition) is 3. The van der Waals surface area contributed by atoms with Crippen LogP contribution in [0.4, 0.5) is 5.69 Å². The van der Waals surface area contributed by atoms with Crippen molar-refractivity contribution in [3.05, 3.63) is 24.0 Å². The van der Waals surface area contributed by atoms with Crippen LogP contribution in [-0.4, -0.2) is 33.3 Å². The first-order chi connectivity index (χ1) is 8.06. The van der Waals surface area contributed by atoms with Crippen molar-refractivity contribution in [2.24, 2.45) is 0 Å². The summed E-state index contributed by atoms with van der Waals surface area (Å²) in [6, 6.07) is 3.10. The average molecular weight is 238 g/mol. The van der Waals surface area contributed by atoms with E-state index in [0.717, 1.165) is 12.8 Å². The molecule has 0 radical (unpaired) electrons. The number of rotatable bonds is 6. The SMILES string of the molecule is CCC(CC)(CO)Nc1ccc(C(=O)O)nc1. The number of carbonyl (C=O) groups is 1. The first-order valence-electron chi connectivity index (χ1n) is 5.65. The predicted octanol–water partition coefficient (Wildman–Crippen LogP) is 1.74. The summed E-state index contributed by atoms with van der Waals surface area (Å²) in [6.45, 7) is 4.01. The van der Waals surface area contributed by atoms with E-state index >= 15 is 0 Å². The third kappa shape index (κ3) is 3.17. The van der Waals surface area contributed by atoms with E-state index in [-0.39, 0.29) is 17.8 Å². The lowest BCUT2D eigenvalue weighted by molar-refractivity contribution is 0.0690. The Hall–Kier alpha value is -1.62. The normalized spacial score (nSPS) is 11.2. The summed E-state index contributed by atoms with van der Waals surface area (Å²) in [6.07, 6.45) is 3.03. The maximum absolute atomic E-state index is 10.6. The Labute approximate surface area is 101 Å². The number of aromatic carboxylic acids is 1. The maximum atomic E-state index is 10.6. The molecule has 1 rings (SSSR count). The van der Waals surface area contributed by atoms with Crippen molar-refractivity contribution in [2.45, 2.75) is 32.2 Å². The van der Waals surface area contributed by atoms with Gasteiger partial charge >= 0.3 is 5.97 Å². The molecule has 17 heavy (non-hydrogen) atoms. The number of anilines is 1. The second-order valence-electron chi connectivity index (χ2n) is 4.01. The first-order valence-corrected chi connectivity index (χ1v) is 5.65. The Kier molecular flexibility index (Phi) is 4.45. The van der Waals surface area contributed by atoms with Gasteiger partial charge in [0, 0.05) is 0 Å². The van der Waals surface area contributed by atoms with Crippen LogP contribution >= 0.6 is 0 Å². The second kappa shape index (κ2) is 5.63. The van der Waals surface area contributed by atoms with Gasteiger partial charge in [-0.05, 0) is 25.0 Å². The van der Waals surface area contributed by atoms with E-state index in [1.165, 1.54) is 12.3 Å². The molecule has 0 aliphatic carbocycles. The Morgan fingerprint density at radius 3 is 2.41 bits per heavy atom. The molecule has 1 heterocycles. The molecule has 0 aromatic carbocycles. The number of carboxylic acids is 1. The van der Waals surface area contributed by atoms with Crippen molar-refractivity contribution in [2.75, 3.05) is 11.9 Å². The molecule has 0 atom stereocenters. The lowest BCUT2D eigenvalue weighted by atomic mass is 9.93. The van der Waals surface area contributed by atoms with Crippen LogP contribution in [0.25, 0.3) is 0 Å². The first kappa shape index (κ1) is 13.4. The fourth-order valence-corrected chi connectivity index (χ4v) is 1.59. The summed E-state index contributed by atoms with van der Waals surface area (Å²) in [5, 5.41) is 21.3. The van der Waals surface area contributed by atoms with Crippen LogP contribution in [0, 0.1) is 0 Å². The van der Waals surface area contributed by atoms with Gasteiger partial charge in [0.1, 0.15) is 5.69 Å². The maximum Gasteiger partial charge on any atom is 0.354 e. The molecule has 0 unspecified atom stereocenters. The van der Waals surface area contributed by atoms with Crippen molar-refractivity contribution >= 4 is 11.7 Å². The third-order valence-electron chi connectivity index (χ3n) is 3.05. The van der Waals surface area contributed by atoms with Crippen LogP contribution in [0.1, 0.15) is 37.2 Å². The number of aliphatic hydroxyl groups excluding tert-OH is 1. The fraction of sp³-hybridized carbons (Fsp3) is 0.500. The highest BCUT2D eigenvalue weighted by Gasteiger charge is 2.24. The highest BCUT2D eigenvalue weighted by molar-refractivity contribution is 5.85. The van der Waals surface area contributed by atoms with E-state index in [0.29, 0.717) is 5.69 Å². The minimum Gasteiger partial charge on any atom is -0.477 e. The van der Waals surface area contributed by atoms with Gasteiger partial charge in [-0.25, -0.2) is 9.78 Å². The minimum atomic E-state index is -1.05. The minimum absolute atomic E-state index is 0.0122. The summed E-state index contributed by atoms with van der Waals surface area (Å²) in [4.78, 5) is 14.5. The Morgan fingerprint density at radius 1 is 1.41 bits per heavy atom. The van der Waals surface area contributed by atoms with E-state index in [1.807, 2.05) is 13.8 Å². The molecule has 0 fully saturated rings. The van der Waals surface area contributed by atoms with E-state index in [9.17, 15) is 9.90 Å². The van der Waals surface area contributed by atoms with Crippen molar-refractivity contribution in [1.29, 1.82) is 0 Å². The van der Waals surface area contributed by atoms with Crippen LogP contribution in [0.3, 0.4) is 0 Å². The molecule has 5 heteroatoms. The zero-order chi connectivity index (χ0) is 12.9. The molecule has 94 valence electrons. The number of aromatic nitrogens is 1. The van der Waals surface area contributed by atoms with Crippen molar-refractivity contribution in [1.82, 2.24) is 4.98 Å². The zero-order valence-electron chi connectivity index (χ0n) is 10.1. The molecule has 3 N–H and O–H groups in total. The summed E-state index contributed by atoms with van der Waals surface area (Å²) in [5.74, 6) is -1.05. The van der Waals surface area contributed by atoms with E-state index in [1.54, 1.807) is 6.07 Å². The quantitative estimate of drug-likeness (QED) is 0.703. The fourth-order valence-electron chi connectivity index (χ4n) is 1.59. The summed E-state index contributed by atoms with van der Waals surface area (Å²) < 4.78 is 0. The molecule has 0 spiro atoms. The summed E-state index contributed by atoms with van der Waals surface area (Å²) >= 11 is 0. The lowest BCUT2D eigenvalue weighted by Crippen LogP contribution is -2.40. The number of carboxylic acid groups (broad SMARTS) is 1. The van der Waals surface area contributed by atoms with Gasteiger partial charge in [-0.2, -0.15) is 0 Å².